The summed E-state index contributed by atoms with van der Waals surface area (Å²) in [6.07, 6.45) is -4.40. The molecule has 2 aromatic carbocycles. The first kappa shape index (κ1) is 18.5. The lowest BCUT2D eigenvalue weighted by Gasteiger charge is -2.26. The number of pyridine rings is 1. The summed E-state index contributed by atoms with van der Waals surface area (Å²) >= 11 is 0. The second-order valence-electron chi connectivity index (χ2n) is 8.07. The molecule has 142 valence electrons. The highest BCUT2D eigenvalue weighted by Gasteiger charge is 2.34. The van der Waals surface area contributed by atoms with Crippen LogP contribution in [0.3, 0.4) is 0 Å². The van der Waals surface area contributed by atoms with Crippen molar-refractivity contribution in [1.82, 2.24) is 9.55 Å². The van der Waals surface area contributed by atoms with Gasteiger partial charge in [-0.15, -0.1) is 0 Å². The SMILES string of the molecule is Cn1c2nc3ccc(C#N)cc3c-2c([Si](C)(C)C)c2cc(C(F)(F)F)ccc21. The van der Waals surface area contributed by atoms with Crippen LogP contribution in [0.4, 0.5) is 13.2 Å². The summed E-state index contributed by atoms with van der Waals surface area (Å²) in [5.41, 5.74) is 2.19. The molecule has 0 fully saturated rings. The van der Waals surface area contributed by atoms with E-state index in [1.165, 1.54) is 12.1 Å². The molecule has 28 heavy (non-hydrogen) atoms. The number of aryl methyl sites for hydroxylation is 1. The Bertz CT molecular complexity index is 1260. The predicted molar refractivity (Wildman–Crippen MR) is 108 cm³/mol. The second kappa shape index (κ2) is 5.82. The van der Waals surface area contributed by atoms with Gasteiger partial charge >= 0.3 is 6.18 Å². The number of hydrogen-bond donors (Lipinski definition) is 0. The van der Waals surface area contributed by atoms with Crippen LogP contribution in [0.1, 0.15) is 11.1 Å². The van der Waals surface area contributed by atoms with Gasteiger partial charge in [-0.25, -0.2) is 4.98 Å². The lowest BCUT2D eigenvalue weighted by molar-refractivity contribution is -0.137. The minimum absolute atomic E-state index is 0.509. The van der Waals surface area contributed by atoms with Gasteiger partial charge in [-0.05, 0) is 47.0 Å². The molecule has 0 unspecified atom stereocenters. The highest BCUT2D eigenvalue weighted by Crippen LogP contribution is 2.37. The Balaban J connectivity index is 2.28. The van der Waals surface area contributed by atoms with Crippen molar-refractivity contribution >= 4 is 35.1 Å². The zero-order chi connectivity index (χ0) is 20.4. The van der Waals surface area contributed by atoms with Crippen molar-refractivity contribution in [3.05, 3.63) is 47.5 Å². The zero-order valence-corrected chi connectivity index (χ0v) is 16.9. The fourth-order valence-electron chi connectivity index (χ4n) is 3.92. The number of rotatable bonds is 1. The summed E-state index contributed by atoms with van der Waals surface area (Å²) in [6.45, 7) is 6.36. The molecule has 0 aromatic heterocycles. The topological polar surface area (TPSA) is 41.6 Å². The summed E-state index contributed by atoms with van der Waals surface area (Å²) in [4.78, 5) is 4.74. The summed E-state index contributed by atoms with van der Waals surface area (Å²) < 4.78 is 42.1. The molecule has 3 nitrogen and oxygen atoms in total. The van der Waals surface area contributed by atoms with Gasteiger partial charge in [0.25, 0.3) is 0 Å². The summed E-state index contributed by atoms with van der Waals surface area (Å²) in [7, 11) is -0.257. The molecule has 0 amide bonds. The molecule has 0 atom stereocenters. The quantitative estimate of drug-likeness (QED) is 0.411. The maximum atomic E-state index is 13.4. The molecule has 0 radical (unpaired) electrons. The smallest absolute Gasteiger partial charge is 0.328 e. The molecule has 0 saturated heterocycles. The molecule has 0 N–H and O–H groups in total. The van der Waals surface area contributed by atoms with E-state index in [4.69, 9.17) is 4.98 Å². The lowest BCUT2D eigenvalue weighted by atomic mass is 10.0. The van der Waals surface area contributed by atoms with Crippen molar-refractivity contribution in [1.29, 1.82) is 5.26 Å². The van der Waals surface area contributed by atoms with Gasteiger partial charge in [0, 0.05) is 23.5 Å². The van der Waals surface area contributed by atoms with Crippen LogP contribution >= 0.6 is 0 Å². The molecule has 2 aliphatic heterocycles. The highest BCUT2D eigenvalue weighted by atomic mass is 28.3. The van der Waals surface area contributed by atoms with E-state index in [0.717, 1.165) is 39.1 Å². The van der Waals surface area contributed by atoms with Gasteiger partial charge in [-0.2, -0.15) is 18.4 Å². The molecule has 2 aromatic rings. The lowest BCUT2D eigenvalue weighted by Crippen LogP contribution is -2.40. The van der Waals surface area contributed by atoms with Crippen molar-refractivity contribution in [3.63, 3.8) is 0 Å². The van der Waals surface area contributed by atoms with Gasteiger partial charge in [0.2, 0.25) is 0 Å². The molecule has 4 rings (SSSR count). The van der Waals surface area contributed by atoms with Gasteiger partial charge in [0.1, 0.15) is 5.82 Å². The number of hydrogen-bond acceptors (Lipinski definition) is 2. The Hall–Kier alpha value is -2.85. The Morgan fingerprint density at radius 2 is 1.75 bits per heavy atom. The van der Waals surface area contributed by atoms with Crippen LogP contribution in [0, 0.1) is 11.3 Å². The van der Waals surface area contributed by atoms with Crippen LogP contribution in [0.5, 0.6) is 0 Å². The number of halogens is 3. The largest absolute Gasteiger partial charge is 0.416 e. The number of nitrogens with zero attached hydrogens (tertiary/aromatic N) is 3. The third kappa shape index (κ3) is 2.68. The van der Waals surface area contributed by atoms with Crippen molar-refractivity contribution in [2.75, 3.05) is 0 Å². The minimum atomic E-state index is -4.40. The van der Waals surface area contributed by atoms with E-state index in [1.807, 2.05) is 11.6 Å². The third-order valence-corrected chi connectivity index (χ3v) is 7.14. The molecule has 7 heteroatoms. The maximum absolute atomic E-state index is 13.4. The van der Waals surface area contributed by atoms with Gasteiger partial charge in [0.15, 0.2) is 0 Å². The average molecular weight is 397 g/mol. The molecule has 0 saturated carbocycles. The Kier molecular flexibility index (Phi) is 3.85. The Morgan fingerprint density at radius 3 is 2.36 bits per heavy atom. The number of fused-ring (bicyclic) bond motifs is 4. The standard InChI is InChI=1S/C21H18F3N3Si/c1-27-17-8-6-13(21(22,23)24)10-15(17)19(28(2,3)4)18-14-9-12(11-25)5-7-16(14)26-20(18)27/h5-10H,1-4H3. The molecule has 2 aliphatic rings. The van der Waals surface area contributed by atoms with Crippen LogP contribution < -0.4 is 5.19 Å². The fraction of sp³-hybridized carbons (Fsp3) is 0.238. The first-order valence-corrected chi connectivity index (χ1v) is 12.4. The monoisotopic (exact) mass is 397 g/mol. The number of benzene rings is 2. The summed E-state index contributed by atoms with van der Waals surface area (Å²) in [5, 5.41) is 11.7. The van der Waals surface area contributed by atoms with Gasteiger partial charge in [-0.1, -0.05) is 19.6 Å². The van der Waals surface area contributed by atoms with E-state index in [2.05, 4.69) is 25.7 Å². The molecule has 0 aliphatic carbocycles. The van der Waals surface area contributed by atoms with Crippen LogP contribution in [0.15, 0.2) is 36.4 Å². The van der Waals surface area contributed by atoms with E-state index >= 15 is 0 Å². The van der Waals surface area contributed by atoms with Gasteiger partial charge in [-0.3, -0.25) is 0 Å². The van der Waals surface area contributed by atoms with Crippen molar-refractivity contribution in [2.24, 2.45) is 7.05 Å². The van der Waals surface area contributed by atoms with E-state index in [9.17, 15) is 18.4 Å². The molecule has 0 spiro atoms. The summed E-state index contributed by atoms with van der Waals surface area (Å²) in [5.74, 6) is 0.731. The number of alkyl halides is 3. The van der Waals surface area contributed by atoms with E-state index in [0.29, 0.717) is 10.9 Å². The van der Waals surface area contributed by atoms with E-state index in [1.54, 1.807) is 18.2 Å². The van der Waals surface area contributed by atoms with E-state index < -0.39 is 19.8 Å². The van der Waals surface area contributed by atoms with Crippen molar-refractivity contribution in [2.45, 2.75) is 25.8 Å². The van der Waals surface area contributed by atoms with Crippen LogP contribution in [0.25, 0.3) is 33.2 Å². The predicted octanol–water partition coefficient (Wildman–Crippen LogP) is 5.27. The van der Waals surface area contributed by atoms with Crippen molar-refractivity contribution < 1.29 is 13.2 Å². The normalized spacial score (nSPS) is 12.8. The number of aromatic nitrogens is 2. The zero-order valence-electron chi connectivity index (χ0n) is 15.9. The average Bonchev–Trinajstić information content (AvgIpc) is 2.98. The first-order valence-electron chi connectivity index (χ1n) is 8.86. The Morgan fingerprint density at radius 1 is 1.04 bits per heavy atom. The molecular formula is C21H18F3N3Si. The highest BCUT2D eigenvalue weighted by molar-refractivity contribution is 6.91. The fourth-order valence-corrected chi connectivity index (χ4v) is 5.92. The van der Waals surface area contributed by atoms with Crippen LogP contribution in [-0.2, 0) is 13.2 Å². The second-order valence-corrected chi connectivity index (χ2v) is 13.1. The summed E-state index contributed by atoms with van der Waals surface area (Å²) in [6, 6.07) is 11.3. The molecule has 0 bridgehead atoms. The molecule has 2 heterocycles. The van der Waals surface area contributed by atoms with Gasteiger partial charge in [0.05, 0.1) is 30.8 Å². The first-order chi connectivity index (χ1) is 13.0. The van der Waals surface area contributed by atoms with Gasteiger partial charge < -0.3 is 4.57 Å². The molecular weight excluding hydrogens is 379 g/mol. The Labute approximate surface area is 161 Å². The van der Waals surface area contributed by atoms with Crippen LogP contribution in [0.2, 0.25) is 19.6 Å². The van der Waals surface area contributed by atoms with Crippen LogP contribution in [-0.4, -0.2) is 17.6 Å². The van der Waals surface area contributed by atoms with Crippen molar-refractivity contribution in [3.8, 4) is 17.5 Å². The van der Waals surface area contributed by atoms with E-state index in [-0.39, 0.29) is 0 Å². The minimum Gasteiger partial charge on any atom is -0.328 e. The number of nitriles is 1. The third-order valence-electron chi connectivity index (χ3n) is 5.12. The maximum Gasteiger partial charge on any atom is 0.416 e.